The molecule has 0 saturated carbocycles. The smallest absolute Gasteiger partial charge is 0.120 e. The van der Waals surface area contributed by atoms with Crippen molar-refractivity contribution in [1.82, 2.24) is 0 Å². The lowest BCUT2D eigenvalue weighted by Crippen LogP contribution is -1.72. The molecule has 11 heavy (non-hydrogen) atoms. The Labute approximate surface area is 66.2 Å². The Morgan fingerprint density at radius 1 is 1.45 bits per heavy atom. The highest BCUT2D eigenvalue weighted by molar-refractivity contribution is 5.61. The van der Waals surface area contributed by atoms with Crippen LogP contribution in [0.4, 0.5) is 5.69 Å². The average Bonchev–Trinajstić information content (AvgIpc) is 1.98. The predicted molar refractivity (Wildman–Crippen MR) is 46.7 cm³/mol. The van der Waals surface area contributed by atoms with Crippen LogP contribution in [0, 0.1) is 6.92 Å². The van der Waals surface area contributed by atoms with Crippen LogP contribution in [0.2, 0.25) is 0 Å². The van der Waals surface area contributed by atoms with Gasteiger partial charge in [-0.15, -0.1) is 0 Å². The number of hydrogen-bond acceptors (Lipinski definition) is 2. The van der Waals surface area contributed by atoms with Crippen LogP contribution in [-0.2, 0) is 0 Å². The van der Waals surface area contributed by atoms with E-state index in [4.69, 9.17) is 0 Å². The molecule has 1 aromatic carbocycles. The summed E-state index contributed by atoms with van der Waals surface area (Å²) in [4.78, 5) is 4.02. The molecule has 0 amide bonds. The molecule has 0 bridgehead atoms. The fourth-order valence-corrected chi connectivity index (χ4v) is 0.827. The minimum Gasteiger partial charge on any atom is -0.508 e. The summed E-state index contributed by atoms with van der Waals surface area (Å²) in [5.41, 5.74) is 1.66. The third-order valence-corrected chi connectivity index (χ3v) is 1.47. The van der Waals surface area contributed by atoms with Crippen molar-refractivity contribution >= 4 is 11.9 Å². The van der Waals surface area contributed by atoms with Crippen molar-refractivity contribution in [3.8, 4) is 5.75 Å². The van der Waals surface area contributed by atoms with Crippen molar-refractivity contribution in [1.29, 1.82) is 0 Å². The van der Waals surface area contributed by atoms with E-state index in [1.165, 1.54) is 0 Å². The zero-order valence-corrected chi connectivity index (χ0v) is 6.70. The topological polar surface area (TPSA) is 32.6 Å². The number of aromatic hydroxyl groups is 1. The van der Waals surface area contributed by atoms with Gasteiger partial charge in [-0.1, -0.05) is 6.07 Å². The van der Waals surface area contributed by atoms with Crippen LogP contribution in [0.5, 0.6) is 5.75 Å². The second-order valence-corrected chi connectivity index (χ2v) is 2.36. The number of rotatable bonds is 1. The zero-order chi connectivity index (χ0) is 8.27. The third-order valence-electron chi connectivity index (χ3n) is 1.47. The molecule has 0 unspecified atom stereocenters. The number of hydrogen-bond donors (Lipinski definition) is 1. The van der Waals surface area contributed by atoms with Gasteiger partial charge in [0.2, 0.25) is 0 Å². The number of phenols is 1. The number of nitrogens with zero attached hydrogens (tertiary/aromatic N) is 1. The van der Waals surface area contributed by atoms with Gasteiger partial charge in [0.05, 0.1) is 5.69 Å². The highest BCUT2D eigenvalue weighted by Gasteiger charge is 1.94. The lowest BCUT2D eigenvalue weighted by molar-refractivity contribution is 0.471. The first kappa shape index (κ1) is 7.79. The van der Waals surface area contributed by atoms with E-state index in [1.54, 1.807) is 12.3 Å². The lowest BCUT2D eigenvalue weighted by atomic mass is 10.2. The molecule has 2 heteroatoms. The fraction of sp³-hybridized carbons (Fsp3) is 0.222. The van der Waals surface area contributed by atoms with Crippen LogP contribution in [-0.4, -0.2) is 11.3 Å². The maximum absolute atomic E-state index is 9.25. The van der Waals surface area contributed by atoms with E-state index >= 15 is 0 Å². The molecular formula is C9H11NO. The summed E-state index contributed by atoms with van der Waals surface area (Å²) in [5.74, 6) is 0.299. The summed E-state index contributed by atoms with van der Waals surface area (Å²) in [7, 11) is 0. The summed E-state index contributed by atoms with van der Waals surface area (Å²) in [6.45, 7) is 3.70. The van der Waals surface area contributed by atoms with E-state index in [2.05, 4.69) is 4.99 Å². The molecule has 58 valence electrons. The summed E-state index contributed by atoms with van der Waals surface area (Å²) in [6, 6.07) is 5.36. The van der Waals surface area contributed by atoms with Gasteiger partial charge in [0.25, 0.3) is 0 Å². The molecule has 0 aliphatic carbocycles. The van der Waals surface area contributed by atoms with Gasteiger partial charge in [0.15, 0.2) is 0 Å². The number of aryl methyl sites for hydroxylation is 1. The molecule has 0 atom stereocenters. The minimum atomic E-state index is 0.299. The molecule has 0 aromatic heterocycles. The monoisotopic (exact) mass is 149 g/mol. The summed E-state index contributed by atoms with van der Waals surface area (Å²) < 4.78 is 0. The molecule has 0 radical (unpaired) electrons. The molecule has 1 aromatic rings. The van der Waals surface area contributed by atoms with Crippen molar-refractivity contribution in [3.63, 3.8) is 0 Å². The largest absolute Gasteiger partial charge is 0.508 e. The molecule has 0 aliphatic rings. The van der Waals surface area contributed by atoms with Gasteiger partial charge in [0.1, 0.15) is 5.75 Å². The average molecular weight is 149 g/mol. The molecule has 1 rings (SSSR count). The zero-order valence-electron chi connectivity index (χ0n) is 6.70. The van der Waals surface area contributed by atoms with E-state index in [1.807, 2.05) is 26.0 Å². The molecule has 0 fully saturated rings. The Bertz CT molecular complexity index is 279. The lowest BCUT2D eigenvalue weighted by Gasteiger charge is -1.97. The molecule has 2 nitrogen and oxygen atoms in total. The summed E-state index contributed by atoms with van der Waals surface area (Å²) in [6.07, 6.45) is 1.70. The van der Waals surface area contributed by atoms with Gasteiger partial charge in [-0.25, -0.2) is 0 Å². The van der Waals surface area contributed by atoms with Gasteiger partial charge < -0.3 is 5.11 Å². The van der Waals surface area contributed by atoms with Gasteiger partial charge in [-0.2, -0.15) is 0 Å². The van der Waals surface area contributed by atoms with Crippen LogP contribution < -0.4 is 0 Å². The maximum atomic E-state index is 9.25. The van der Waals surface area contributed by atoms with Crippen LogP contribution in [0.3, 0.4) is 0 Å². The summed E-state index contributed by atoms with van der Waals surface area (Å²) >= 11 is 0. The van der Waals surface area contributed by atoms with Crippen LogP contribution in [0.25, 0.3) is 0 Å². The SMILES string of the molecule is CC=Nc1ccc(C)c(O)c1. The predicted octanol–water partition coefficient (Wildman–Crippen LogP) is 2.42. The first-order valence-corrected chi connectivity index (χ1v) is 3.52. The van der Waals surface area contributed by atoms with Crippen molar-refractivity contribution in [3.05, 3.63) is 23.8 Å². The van der Waals surface area contributed by atoms with E-state index in [0.717, 1.165) is 11.3 Å². The van der Waals surface area contributed by atoms with Gasteiger partial charge >= 0.3 is 0 Å². The normalized spacial score (nSPS) is 10.7. The highest BCUT2D eigenvalue weighted by Crippen LogP contribution is 2.22. The molecule has 1 N–H and O–H groups in total. The highest BCUT2D eigenvalue weighted by atomic mass is 16.3. The number of benzene rings is 1. The van der Waals surface area contributed by atoms with Crippen molar-refractivity contribution in [2.45, 2.75) is 13.8 Å². The maximum Gasteiger partial charge on any atom is 0.120 e. The first-order valence-electron chi connectivity index (χ1n) is 3.52. The Kier molecular flexibility index (Phi) is 2.26. The van der Waals surface area contributed by atoms with Crippen LogP contribution >= 0.6 is 0 Å². The van der Waals surface area contributed by atoms with E-state index in [-0.39, 0.29) is 0 Å². The van der Waals surface area contributed by atoms with Crippen molar-refractivity contribution < 1.29 is 5.11 Å². The number of phenolic OH excluding ortho intramolecular Hbond substituents is 1. The first-order chi connectivity index (χ1) is 5.24. The quantitative estimate of drug-likeness (QED) is 0.611. The molecule has 0 saturated heterocycles. The molecule has 0 heterocycles. The Morgan fingerprint density at radius 3 is 2.73 bits per heavy atom. The van der Waals surface area contributed by atoms with E-state index < -0.39 is 0 Å². The standard InChI is InChI=1S/C9H11NO/c1-3-10-8-5-4-7(2)9(11)6-8/h3-6,11H,1-2H3. The Morgan fingerprint density at radius 2 is 2.18 bits per heavy atom. The van der Waals surface area contributed by atoms with Gasteiger partial charge in [0, 0.05) is 12.3 Å². The van der Waals surface area contributed by atoms with Crippen molar-refractivity contribution in [2.75, 3.05) is 0 Å². The molecule has 0 aliphatic heterocycles. The molecular weight excluding hydrogens is 138 g/mol. The van der Waals surface area contributed by atoms with E-state index in [0.29, 0.717) is 5.75 Å². The Hall–Kier alpha value is -1.31. The minimum absolute atomic E-state index is 0.299. The third kappa shape index (κ3) is 1.80. The second kappa shape index (κ2) is 3.19. The molecule has 0 spiro atoms. The van der Waals surface area contributed by atoms with Crippen molar-refractivity contribution in [2.24, 2.45) is 4.99 Å². The van der Waals surface area contributed by atoms with Gasteiger partial charge in [-0.3, -0.25) is 4.99 Å². The summed E-state index contributed by atoms with van der Waals surface area (Å²) in [5, 5.41) is 9.25. The number of aliphatic imine (C=N–C) groups is 1. The van der Waals surface area contributed by atoms with Crippen LogP contribution in [0.15, 0.2) is 23.2 Å². The van der Waals surface area contributed by atoms with Crippen LogP contribution in [0.1, 0.15) is 12.5 Å². The fourth-order valence-electron chi connectivity index (χ4n) is 0.827. The Balaban J connectivity index is 3.05. The second-order valence-electron chi connectivity index (χ2n) is 2.36. The van der Waals surface area contributed by atoms with Gasteiger partial charge in [-0.05, 0) is 25.5 Å². The van der Waals surface area contributed by atoms with E-state index in [9.17, 15) is 5.11 Å².